The van der Waals surface area contributed by atoms with E-state index < -0.39 is 0 Å². The van der Waals surface area contributed by atoms with Crippen LogP contribution in [-0.2, 0) is 17.6 Å². The van der Waals surface area contributed by atoms with Gasteiger partial charge in [0.1, 0.15) is 22.2 Å². The number of benzene rings is 1. The standard InChI is InChI=1S/C20H15N5S.C3H7NO/c1-2-6-12(7-3-1)16-14-9-5-4-8-13(14)15-17-18(26-20(15)23-16)19-24-22-11-25(19)10-21-17;1-4(2)3-5/h1-3,6-7,10-11H,4-5,8-9H2;3H,1-2H3. The maximum atomic E-state index is 9.43. The molecule has 5 aromatic rings. The molecule has 4 heterocycles. The molecule has 0 unspecified atom stereocenters. The van der Waals surface area contributed by atoms with Crippen LogP contribution in [0.15, 0.2) is 43.0 Å². The fourth-order valence-corrected chi connectivity index (χ4v) is 5.23. The van der Waals surface area contributed by atoms with Crippen LogP contribution in [0.4, 0.5) is 0 Å². The molecule has 156 valence electrons. The Morgan fingerprint density at radius 1 is 1.06 bits per heavy atom. The molecule has 6 rings (SSSR count). The molecular formula is C23H22N6OS. The molecule has 0 saturated carbocycles. The van der Waals surface area contributed by atoms with E-state index in [1.165, 1.54) is 39.8 Å². The van der Waals surface area contributed by atoms with E-state index in [1.807, 2.05) is 10.7 Å². The lowest BCUT2D eigenvalue weighted by molar-refractivity contribution is -0.115. The third-order valence-electron chi connectivity index (χ3n) is 5.48. The number of amides is 1. The van der Waals surface area contributed by atoms with Crippen LogP contribution in [0.1, 0.15) is 24.0 Å². The summed E-state index contributed by atoms with van der Waals surface area (Å²) in [5, 5.41) is 9.55. The highest BCUT2D eigenvalue weighted by Gasteiger charge is 2.23. The van der Waals surface area contributed by atoms with Gasteiger partial charge in [0.05, 0.1) is 11.2 Å². The second kappa shape index (κ2) is 8.03. The van der Waals surface area contributed by atoms with E-state index in [4.69, 9.17) is 9.97 Å². The molecule has 0 spiro atoms. The Bertz CT molecular complexity index is 1390. The molecular weight excluding hydrogens is 408 g/mol. The molecule has 0 fully saturated rings. The quantitative estimate of drug-likeness (QED) is 0.394. The topological polar surface area (TPSA) is 76.3 Å². The molecule has 0 N–H and O–H groups in total. The van der Waals surface area contributed by atoms with Crippen molar-refractivity contribution in [3.05, 3.63) is 54.1 Å². The van der Waals surface area contributed by atoms with Gasteiger partial charge in [0.15, 0.2) is 5.65 Å². The average molecular weight is 431 g/mol. The van der Waals surface area contributed by atoms with Crippen molar-refractivity contribution in [2.45, 2.75) is 25.7 Å². The van der Waals surface area contributed by atoms with E-state index in [0.717, 1.165) is 45.6 Å². The first-order valence-corrected chi connectivity index (χ1v) is 11.1. The van der Waals surface area contributed by atoms with Gasteiger partial charge in [0.25, 0.3) is 0 Å². The molecule has 0 radical (unpaired) electrons. The molecule has 0 saturated heterocycles. The van der Waals surface area contributed by atoms with E-state index >= 15 is 0 Å². The minimum atomic E-state index is 0.750. The lowest BCUT2D eigenvalue weighted by Gasteiger charge is -2.20. The zero-order chi connectivity index (χ0) is 21.4. The molecule has 1 aromatic carbocycles. The number of hydrogen-bond acceptors (Lipinski definition) is 6. The summed E-state index contributed by atoms with van der Waals surface area (Å²) >= 11 is 1.68. The molecule has 1 aliphatic carbocycles. The lowest BCUT2D eigenvalue weighted by atomic mass is 9.87. The number of thiophene rings is 1. The van der Waals surface area contributed by atoms with Gasteiger partial charge in [-0.2, -0.15) is 0 Å². The van der Waals surface area contributed by atoms with Gasteiger partial charge in [-0.1, -0.05) is 30.3 Å². The van der Waals surface area contributed by atoms with Crippen molar-refractivity contribution in [1.29, 1.82) is 0 Å². The summed E-state index contributed by atoms with van der Waals surface area (Å²) in [5.41, 5.74) is 7.06. The van der Waals surface area contributed by atoms with Gasteiger partial charge in [0.2, 0.25) is 6.41 Å². The first-order valence-electron chi connectivity index (χ1n) is 10.3. The SMILES string of the molecule is CN(C)C=O.c1ccc(-c2nc3sc4c(ncn5cnnc45)c3c3c2CCCC3)cc1. The monoisotopic (exact) mass is 430 g/mol. The lowest BCUT2D eigenvalue weighted by Crippen LogP contribution is -2.07. The summed E-state index contributed by atoms with van der Waals surface area (Å²) < 4.78 is 2.95. The number of nitrogens with zero attached hydrogens (tertiary/aromatic N) is 6. The highest BCUT2D eigenvalue weighted by Crippen LogP contribution is 2.41. The number of aromatic nitrogens is 5. The summed E-state index contributed by atoms with van der Waals surface area (Å²) in [7, 11) is 3.38. The Balaban J connectivity index is 0.000000371. The van der Waals surface area contributed by atoms with Gasteiger partial charge in [-0.05, 0) is 36.8 Å². The van der Waals surface area contributed by atoms with Crippen LogP contribution < -0.4 is 0 Å². The van der Waals surface area contributed by atoms with Gasteiger partial charge in [-0.15, -0.1) is 21.5 Å². The largest absolute Gasteiger partial charge is 0.351 e. The Morgan fingerprint density at radius 2 is 1.81 bits per heavy atom. The number of pyridine rings is 1. The predicted molar refractivity (Wildman–Crippen MR) is 123 cm³/mol. The molecule has 4 aromatic heterocycles. The molecule has 0 aliphatic heterocycles. The smallest absolute Gasteiger partial charge is 0.209 e. The van der Waals surface area contributed by atoms with Crippen molar-refractivity contribution in [2.75, 3.05) is 14.1 Å². The molecule has 31 heavy (non-hydrogen) atoms. The first-order chi connectivity index (χ1) is 15.2. The van der Waals surface area contributed by atoms with Crippen molar-refractivity contribution in [2.24, 2.45) is 0 Å². The maximum absolute atomic E-state index is 9.43. The number of carbonyl (C=O) groups is 1. The van der Waals surface area contributed by atoms with E-state index in [1.54, 1.807) is 31.8 Å². The minimum absolute atomic E-state index is 0.750. The molecule has 1 amide bonds. The highest BCUT2D eigenvalue weighted by atomic mass is 32.1. The molecule has 8 heteroatoms. The van der Waals surface area contributed by atoms with Crippen LogP contribution in [0.2, 0.25) is 0 Å². The van der Waals surface area contributed by atoms with E-state index in [0.29, 0.717) is 0 Å². The summed E-state index contributed by atoms with van der Waals surface area (Å²) in [5.74, 6) is 0. The van der Waals surface area contributed by atoms with Gasteiger partial charge < -0.3 is 4.90 Å². The molecule has 1 aliphatic rings. The third-order valence-corrected chi connectivity index (χ3v) is 6.55. The highest BCUT2D eigenvalue weighted by molar-refractivity contribution is 7.26. The molecule has 0 atom stereocenters. The Morgan fingerprint density at radius 3 is 2.55 bits per heavy atom. The summed E-state index contributed by atoms with van der Waals surface area (Å²) in [6.45, 7) is 0. The Kier molecular flexibility index (Phi) is 5.07. The zero-order valence-corrected chi connectivity index (χ0v) is 18.3. The van der Waals surface area contributed by atoms with Crippen LogP contribution in [0, 0.1) is 0 Å². The average Bonchev–Trinajstić information content (AvgIpc) is 3.43. The summed E-state index contributed by atoms with van der Waals surface area (Å²) in [4.78, 5) is 21.8. The number of hydrogen-bond donors (Lipinski definition) is 0. The number of rotatable bonds is 2. The van der Waals surface area contributed by atoms with E-state index in [-0.39, 0.29) is 0 Å². The number of carbonyl (C=O) groups excluding carboxylic acids is 1. The molecule has 0 bridgehead atoms. The molecule has 7 nitrogen and oxygen atoms in total. The normalized spacial score (nSPS) is 13.1. The van der Waals surface area contributed by atoms with Crippen LogP contribution in [0.5, 0.6) is 0 Å². The number of fused-ring (bicyclic) bond motifs is 7. The van der Waals surface area contributed by atoms with Gasteiger partial charge in [0, 0.05) is 25.0 Å². The Hall–Kier alpha value is -3.39. The first kappa shape index (κ1) is 19.6. The van der Waals surface area contributed by atoms with Gasteiger partial charge >= 0.3 is 0 Å². The third kappa shape index (κ3) is 3.42. The second-order valence-corrected chi connectivity index (χ2v) is 8.83. The Labute approximate surface area is 183 Å². The fraction of sp³-hybridized carbons (Fsp3) is 0.261. The van der Waals surface area contributed by atoms with E-state index in [9.17, 15) is 4.79 Å². The second-order valence-electron chi connectivity index (χ2n) is 7.83. The van der Waals surface area contributed by atoms with Gasteiger partial charge in [-0.3, -0.25) is 9.20 Å². The van der Waals surface area contributed by atoms with Gasteiger partial charge in [-0.25, -0.2) is 9.97 Å². The summed E-state index contributed by atoms with van der Waals surface area (Å²) in [6.07, 6.45) is 8.90. The number of aryl methyl sites for hydroxylation is 1. The van der Waals surface area contributed by atoms with Crippen LogP contribution in [0.3, 0.4) is 0 Å². The summed E-state index contributed by atoms with van der Waals surface area (Å²) in [6, 6.07) is 10.5. The predicted octanol–water partition coefficient (Wildman–Crippen LogP) is 4.14. The van der Waals surface area contributed by atoms with Crippen molar-refractivity contribution in [1.82, 2.24) is 29.5 Å². The minimum Gasteiger partial charge on any atom is -0.351 e. The van der Waals surface area contributed by atoms with Crippen LogP contribution in [-0.4, -0.2) is 50.0 Å². The van der Waals surface area contributed by atoms with Crippen LogP contribution in [0.25, 0.3) is 37.3 Å². The van der Waals surface area contributed by atoms with Crippen molar-refractivity contribution in [3.63, 3.8) is 0 Å². The zero-order valence-electron chi connectivity index (χ0n) is 17.4. The van der Waals surface area contributed by atoms with Crippen molar-refractivity contribution in [3.8, 4) is 11.3 Å². The van der Waals surface area contributed by atoms with Crippen LogP contribution >= 0.6 is 11.3 Å². The van der Waals surface area contributed by atoms with Crippen molar-refractivity contribution < 1.29 is 4.79 Å². The maximum Gasteiger partial charge on any atom is 0.209 e. The fourth-order valence-electron chi connectivity index (χ4n) is 4.09. The van der Waals surface area contributed by atoms with E-state index in [2.05, 4.69) is 40.5 Å². The van der Waals surface area contributed by atoms with Crippen molar-refractivity contribution >= 4 is 43.8 Å².